The Balaban J connectivity index is 1.53. The molecule has 2 saturated carbocycles. The van der Waals surface area contributed by atoms with Crippen LogP contribution in [0.5, 0.6) is 0 Å². The number of hydrogen-bond donors (Lipinski definition) is 2. The first kappa shape index (κ1) is 15.6. The summed E-state index contributed by atoms with van der Waals surface area (Å²) in [7, 11) is 1.73. The van der Waals surface area contributed by atoms with Crippen LogP contribution in [-0.2, 0) is 5.41 Å². The Bertz CT molecular complexity index is 555. The van der Waals surface area contributed by atoms with Crippen LogP contribution in [0.4, 0.5) is 4.79 Å². The number of nitrogens with zero attached hydrogens (tertiary/aromatic N) is 1. The molecule has 1 unspecified atom stereocenters. The van der Waals surface area contributed by atoms with E-state index in [-0.39, 0.29) is 11.4 Å². The zero-order valence-corrected chi connectivity index (χ0v) is 13.6. The van der Waals surface area contributed by atoms with Gasteiger partial charge in [0.2, 0.25) is 0 Å². The third-order valence-corrected chi connectivity index (χ3v) is 5.18. The fourth-order valence-electron chi connectivity index (χ4n) is 2.96. The summed E-state index contributed by atoms with van der Waals surface area (Å²) in [4.78, 5) is 13.8. The fraction of sp³-hybridized carbons (Fsp3) is 0.588. The quantitative estimate of drug-likeness (QED) is 0.846. The van der Waals surface area contributed by atoms with Gasteiger partial charge >= 0.3 is 6.03 Å². The Kier molecular flexibility index (Phi) is 4.33. The highest BCUT2D eigenvalue weighted by atomic mass is 35.5. The summed E-state index contributed by atoms with van der Waals surface area (Å²) in [6.07, 6.45) is 3.85. The molecule has 1 aromatic rings. The maximum absolute atomic E-state index is 12.2. The van der Waals surface area contributed by atoms with Gasteiger partial charge in [-0.1, -0.05) is 29.8 Å². The van der Waals surface area contributed by atoms with Gasteiger partial charge in [-0.3, -0.25) is 0 Å². The van der Waals surface area contributed by atoms with E-state index in [0.29, 0.717) is 19.0 Å². The topological polar surface area (TPSA) is 52.6 Å². The fourth-order valence-corrected chi connectivity index (χ4v) is 3.29. The highest BCUT2D eigenvalue weighted by molar-refractivity contribution is 6.31. The van der Waals surface area contributed by atoms with Gasteiger partial charge in [-0.05, 0) is 43.2 Å². The van der Waals surface area contributed by atoms with E-state index in [0.717, 1.165) is 36.3 Å². The second kappa shape index (κ2) is 6.09. The Morgan fingerprint density at radius 2 is 2.14 bits per heavy atom. The number of rotatable bonds is 6. The molecule has 0 radical (unpaired) electrons. The van der Waals surface area contributed by atoms with Crippen LogP contribution in [0.25, 0.3) is 0 Å². The SMILES string of the molecule is CN(CC(O)C1CC1)C(=O)NCC1(c2ccccc2Cl)CC1. The van der Waals surface area contributed by atoms with Gasteiger partial charge in [-0.25, -0.2) is 4.79 Å². The molecule has 120 valence electrons. The van der Waals surface area contributed by atoms with E-state index in [9.17, 15) is 9.90 Å². The molecule has 4 nitrogen and oxygen atoms in total. The van der Waals surface area contributed by atoms with Gasteiger partial charge in [0.25, 0.3) is 0 Å². The summed E-state index contributed by atoms with van der Waals surface area (Å²) in [6.45, 7) is 0.995. The zero-order valence-electron chi connectivity index (χ0n) is 12.9. The lowest BCUT2D eigenvalue weighted by molar-refractivity contribution is 0.113. The number of likely N-dealkylation sites (N-methyl/N-ethyl adjacent to an activating group) is 1. The maximum atomic E-state index is 12.2. The van der Waals surface area contributed by atoms with Gasteiger partial charge in [-0.15, -0.1) is 0 Å². The van der Waals surface area contributed by atoms with Crippen molar-refractivity contribution in [2.75, 3.05) is 20.1 Å². The number of carbonyl (C=O) groups is 1. The molecule has 0 heterocycles. The van der Waals surface area contributed by atoms with Crippen molar-refractivity contribution in [1.82, 2.24) is 10.2 Å². The van der Waals surface area contributed by atoms with Gasteiger partial charge in [0.05, 0.1) is 6.10 Å². The largest absolute Gasteiger partial charge is 0.391 e. The van der Waals surface area contributed by atoms with E-state index in [1.165, 1.54) is 0 Å². The van der Waals surface area contributed by atoms with Crippen LogP contribution in [0.1, 0.15) is 31.2 Å². The highest BCUT2D eigenvalue weighted by Crippen LogP contribution is 2.49. The Labute approximate surface area is 136 Å². The molecule has 0 aliphatic heterocycles. The average Bonchev–Trinajstić information content (AvgIpc) is 3.38. The van der Waals surface area contributed by atoms with Crippen molar-refractivity contribution in [3.05, 3.63) is 34.9 Å². The summed E-state index contributed by atoms with van der Waals surface area (Å²) < 4.78 is 0. The summed E-state index contributed by atoms with van der Waals surface area (Å²) in [5.41, 5.74) is 1.11. The molecule has 5 heteroatoms. The van der Waals surface area contributed by atoms with E-state index >= 15 is 0 Å². The molecular formula is C17H23ClN2O2. The van der Waals surface area contributed by atoms with E-state index < -0.39 is 6.10 Å². The molecule has 2 aliphatic carbocycles. The number of carbonyl (C=O) groups excluding carboxylic acids is 1. The first-order valence-electron chi connectivity index (χ1n) is 7.94. The second-order valence-electron chi connectivity index (χ2n) is 6.70. The lowest BCUT2D eigenvalue weighted by atomic mass is 9.96. The van der Waals surface area contributed by atoms with Crippen molar-refractivity contribution in [2.45, 2.75) is 37.2 Å². The summed E-state index contributed by atoms with van der Waals surface area (Å²) in [6, 6.07) is 7.73. The molecule has 1 atom stereocenters. The first-order valence-corrected chi connectivity index (χ1v) is 8.32. The zero-order chi connectivity index (χ0) is 15.7. The summed E-state index contributed by atoms with van der Waals surface area (Å²) >= 11 is 6.28. The van der Waals surface area contributed by atoms with Crippen molar-refractivity contribution in [2.24, 2.45) is 5.92 Å². The minimum Gasteiger partial charge on any atom is -0.391 e. The van der Waals surface area contributed by atoms with E-state index in [1.54, 1.807) is 11.9 Å². The molecule has 0 saturated heterocycles. The maximum Gasteiger partial charge on any atom is 0.317 e. The molecule has 2 aliphatic rings. The van der Waals surface area contributed by atoms with Gasteiger partial charge in [0.15, 0.2) is 0 Å². The molecule has 2 amide bonds. The predicted molar refractivity (Wildman–Crippen MR) is 87.1 cm³/mol. The van der Waals surface area contributed by atoms with Crippen LogP contribution >= 0.6 is 11.6 Å². The summed E-state index contributed by atoms with van der Waals surface area (Å²) in [5, 5.41) is 13.7. The monoisotopic (exact) mass is 322 g/mol. The second-order valence-corrected chi connectivity index (χ2v) is 7.11. The lowest BCUT2D eigenvalue weighted by Crippen LogP contribution is -2.44. The van der Waals surface area contributed by atoms with Crippen molar-refractivity contribution in [1.29, 1.82) is 0 Å². The molecule has 0 aromatic heterocycles. The van der Waals surface area contributed by atoms with Crippen LogP contribution < -0.4 is 5.32 Å². The average molecular weight is 323 g/mol. The number of hydrogen-bond acceptors (Lipinski definition) is 2. The van der Waals surface area contributed by atoms with Crippen LogP contribution in [0.3, 0.4) is 0 Å². The molecule has 2 fully saturated rings. The van der Waals surface area contributed by atoms with Crippen molar-refractivity contribution in [3.63, 3.8) is 0 Å². The highest BCUT2D eigenvalue weighted by Gasteiger charge is 2.45. The lowest BCUT2D eigenvalue weighted by Gasteiger charge is -2.24. The molecule has 1 aromatic carbocycles. The number of urea groups is 1. The number of aliphatic hydroxyl groups is 1. The Hall–Kier alpha value is -1.26. The van der Waals surface area contributed by atoms with Gasteiger partial charge in [0.1, 0.15) is 0 Å². The van der Waals surface area contributed by atoms with Crippen LogP contribution in [0.2, 0.25) is 5.02 Å². The van der Waals surface area contributed by atoms with E-state index in [1.807, 2.05) is 24.3 Å². The third kappa shape index (κ3) is 3.39. The molecule has 22 heavy (non-hydrogen) atoms. The smallest absolute Gasteiger partial charge is 0.317 e. The first-order chi connectivity index (χ1) is 10.5. The minimum absolute atomic E-state index is 0.00997. The Morgan fingerprint density at radius 1 is 1.45 bits per heavy atom. The molecule has 0 bridgehead atoms. The number of amides is 2. The number of nitrogens with one attached hydrogen (secondary N) is 1. The van der Waals surface area contributed by atoms with Crippen LogP contribution in [-0.4, -0.2) is 42.3 Å². The van der Waals surface area contributed by atoms with E-state index in [2.05, 4.69) is 5.32 Å². The standard InChI is InChI=1S/C17H23ClN2O2/c1-20(10-15(21)12-6-7-12)16(22)19-11-17(8-9-17)13-4-2-3-5-14(13)18/h2-5,12,15,21H,6-11H2,1H3,(H,19,22). The van der Waals surface area contributed by atoms with Crippen molar-refractivity contribution >= 4 is 17.6 Å². The number of benzene rings is 1. The predicted octanol–water partition coefficient (Wildman–Crippen LogP) is 2.78. The Morgan fingerprint density at radius 3 is 2.73 bits per heavy atom. The van der Waals surface area contributed by atoms with Crippen molar-refractivity contribution in [3.8, 4) is 0 Å². The van der Waals surface area contributed by atoms with Gasteiger partial charge in [0, 0.05) is 30.6 Å². The molecule has 3 rings (SSSR count). The van der Waals surface area contributed by atoms with E-state index in [4.69, 9.17) is 11.6 Å². The normalized spacial score (nSPS) is 20.3. The number of aliphatic hydroxyl groups excluding tert-OH is 1. The van der Waals surface area contributed by atoms with Gasteiger partial charge in [-0.2, -0.15) is 0 Å². The summed E-state index contributed by atoms with van der Waals surface area (Å²) in [5.74, 6) is 0.383. The van der Waals surface area contributed by atoms with Gasteiger partial charge < -0.3 is 15.3 Å². The number of halogens is 1. The molecular weight excluding hydrogens is 300 g/mol. The van der Waals surface area contributed by atoms with Crippen LogP contribution in [0.15, 0.2) is 24.3 Å². The third-order valence-electron chi connectivity index (χ3n) is 4.85. The van der Waals surface area contributed by atoms with Crippen molar-refractivity contribution < 1.29 is 9.90 Å². The molecule has 0 spiro atoms. The van der Waals surface area contributed by atoms with Crippen LogP contribution in [0, 0.1) is 5.92 Å². The minimum atomic E-state index is -0.394. The molecule has 2 N–H and O–H groups in total.